The number of piperidine rings is 1. The van der Waals surface area contributed by atoms with Gasteiger partial charge in [0.05, 0.1) is 6.10 Å². The Kier molecular flexibility index (Phi) is 4.44. The third-order valence-electron chi connectivity index (χ3n) is 5.06. The van der Waals surface area contributed by atoms with Crippen LogP contribution in [0.1, 0.15) is 48.3 Å². The number of carbonyl (C=O) groups is 1. The number of aryl methyl sites for hydroxylation is 3. The van der Waals surface area contributed by atoms with Crippen molar-refractivity contribution in [2.45, 2.75) is 52.7 Å². The third-order valence-corrected chi connectivity index (χ3v) is 5.06. The molecule has 4 heteroatoms. The first-order valence-corrected chi connectivity index (χ1v) is 8.65. The van der Waals surface area contributed by atoms with Crippen LogP contribution >= 0.6 is 0 Å². The highest BCUT2D eigenvalue weighted by atomic mass is 16.3. The summed E-state index contributed by atoms with van der Waals surface area (Å²) in [5, 5.41) is 10.9. The van der Waals surface area contributed by atoms with Gasteiger partial charge in [-0.15, -0.1) is 0 Å². The van der Waals surface area contributed by atoms with E-state index in [1.165, 1.54) is 10.9 Å². The van der Waals surface area contributed by atoms with Gasteiger partial charge in [-0.1, -0.05) is 13.0 Å². The van der Waals surface area contributed by atoms with Gasteiger partial charge in [-0.2, -0.15) is 0 Å². The van der Waals surface area contributed by atoms with Crippen LogP contribution in [0.4, 0.5) is 0 Å². The largest absolute Gasteiger partial charge is 0.393 e. The second kappa shape index (κ2) is 6.36. The van der Waals surface area contributed by atoms with Gasteiger partial charge in [0.1, 0.15) is 5.69 Å². The number of nitrogens with zero attached hydrogens (tertiary/aromatic N) is 2. The lowest BCUT2D eigenvalue weighted by Gasteiger charge is -2.30. The molecule has 1 amide bonds. The lowest BCUT2D eigenvalue weighted by atomic mass is 10.1. The molecule has 0 atom stereocenters. The summed E-state index contributed by atoms with van der Waals surface area (Å²) in [6.07, 6.45) is 2.10. The molecule has 0 bridgehead atoms. The number of hydrogen-bond acceptors (Lipinski definition) is 2. The molecule has 0 saturated carbocycles. The Hall–Kier alpha value is -1.81. The molecule has 2 heterocycles. The fourth-order valence-corrected chi connectivity index (χ4v) is 3.61. The Bertz CT molecular complexity index is 725. The van der Waals surface area contributed by atoms with Crippen molar-refractivity contribution in [3.63, 3.8) is 0 Å². The normalized spacial score (nSPS) is 16.3. The van der Waals surface area contributed by atoms with E-state index < -0.39 is 0 Å². The summed E-state index contributed by atoms with van der Waals surface area (Å²) in [7, 11) is 0. The first-order valence-electron chi connectivity index (χ1n) is 8.65. The third kappa shape index (κ3) is 2.76. The Morgan fingerprint density at radius 2 is 1.96 bits per heavy atom. The van der Waals surface area contributed by atoms with Crippen molar-refractivity contribution in [3.05, 3.63) is 35.0 Å². The minimum absolute atomic E-state index is 0.102. The Labute approximate surface area is 137 Å². The van der Waals surface area contributed by atoms with Gasteiger partial charge < -0.3 is 14.6 Å². The van der Waals surface area contributed by atoms with Crippen LogP contribution in [0.15, 0.2) is 18.2 Å². The van der Waals surface area contributed by atoms with Gasteiger partial charge in [-0.3, -0.25) is 4.79 Å². The quantitative estimate of drug-likeness (QED) is 0.946. The van der Waals surface area contributed by atoms with Crippen molar-refractivity contribution >= 4 is 16.8 Å². The number of aromatic nitrogens is 1. The molecule has 1 aromatic heterocycles. The van der Waals surface area contributed by atoms with Gasteiger partial charge in [0.25, 0.3) is 5.91 Å². The van der Waals surface area contributed by atoms with E-state index in [-0.39, 0.29) is 12.0 Å². The smallest absolute Gasteiger partial charge is 0.270 e. The Balaban J connectivity index is 2.05. The maximum absolute atomic E-state index is 13.1. The first kappa shape index (κ1) is 16.1. The minimum atomic E-state index is -0.260. The molecule has 1 N–H and O–H groups in total. The number of aliphatic hydroxyl groups is 1. The first-order chi connectivity index (χ1) is 11.1. The number of benzene rings is 1. The van der Waals surface area contributed by atoms with E-state index in [1.807, 2.05) is 4.90 Å². The number of hydrogen-bond donors (Lipinski definition) is 1. The summed E-state index contributed by atoms with van der Waals surface area (Å²) in [6, 6.07) is 6.51. The molecular weight excluding hydrogens is 288 g/mol. The van der Waals surface area contributed by atoms with Gasteiger partial charge >= 0.3 is 0 Å². The fraction of sp³-hybridized carbons (Fsp3) is 0.526. The predicted octanol–water partition coefficient (Wildman–Crippen LogP) is 3.13. The van der Waals surface area contributed by atoms with Crippen LogP contribution in [-0.2, 0) is 13.0 Å². The zero-order valence-electron chi connectivity index (χ0n) is 14.3. The van der Waals surface area contributed by atoms with Gasteiger partial charge in [0.2, 0.25) is 0 Å². The molecule has 0 unspecified atom stereocenters. The molecule has 1 aromatic carbocycles. The van der Waals surface area contributed by atoms with Crippen molar-refractivity contribution in [1.29, 1.82) is 0 Å². The molecule has 1 aliphatic heterocycles. The van der Waals surface area contributed by atoms with Gasteiger partial charge in [0.15, 0.2) is 0 Å². The van der Waals surface area contributed by atoms with Gasteiger partial charge in [-0.05, 0) is 56.4 Å². The average molecular weight is 314 g/mol. The van der Waals surface area contributed by atoms with E-state index in [0.717, 1.165) is 29.7 Å². The summed E-state index contributed by atoms with van der Waals surface area (Å²) in [4.78, 5) is 14.9. The molecule has 0 spiro atoms. The van der Waals surface area contributed by atoms with Crippen molar-refractivity contribution in [2.75, 3.05) is 13.1 Å². The number of carbonyl (C=O) groups excluding carboxylic acids is 1. The molecule has 4 nitrogen and oxygen atoms in total. The summed E-state index contributed by atoms with van der Waals surface area (Å²) in [5.74, 6) is 0.102. The van der Waals surface area contributed by atoms with Crippen molar-refractivity contribution < 1.29 is 9.90 Å². The molecule has 1 aliphatic rings. The van der Waals surface area contributed by atoms with Crippen LogP contribution in [-0.4, -0.2) is 39.7 Å². The lowest BCUT2D eigenvalue weighted by molar-refractivity contribution is 0.0537. The van der Waals surface area contributed by atoms with Crippen LogP contribution < -0.4 is 0 Å². The van der Waals surface area contributed by atoms with Crippen molar-refractivity contribution in [3.8, 4) is 0 Å². The van der Waals surface area contributed by atoms with Crippen molar-refractivity contribution in [1.82, 2.24) is 9.47 Å². The van der Waals surface area contributed by atoms with Crippen molar-refractivity contribution in [2.24, 2.45) is 0 Å². The highest BCUT2D eigenvalue weighted by Crippen LogP contribution is 2.28. The molecule has 0 aliphatic carbocycles. The average Bonchev–Trinajstić information content (AvgIpc) is 2.86. The zero-order valence-corrected chi connectivity index (χ0v) is 14.3. The van der Waals surface area contributed by atoms with Crippen LogP contribution in [0, 0.1) is 6.92 Å². The van der Waals surface area contributed by atoms with Gasteiger partial charge in [-0.25, -0.2) is 0 Å². The number of amides is 1. The number of fused-ring (bicyclic) bond motifs is 1. The summed E-state index contributed by atoms with van der Waals surface area (Å²) >= 11 is 0. The minimum Gasteiger partial charge on any atom is -0.393 e. The Morgan fingerprint density at radius 1 is 1.26 bits per heavy atom. The second-order valence-electron chi connectivity index (χ2n) is 6.45. The summed E-state index contributed by atoms with van der Waals surface area (Å²) < 4.78 is 2.14. The zero-order chi connectivity index (χ0) is 16.6. The molecule has 1 fully saturated rings. The molecule has 124 valence electrons. The topological polar surface area (TPSA) is 45.5 Å². The molecule has 3 rings (SSSR count). The standard InChI is InChI=1S/C19H26N2O2/c1-4-14-6-7-17-16(12-14)13(3)18(21(17)5-2)19(23)20-10-8-15(22)9-11-20/h6-7,12,15,22H,4-5,8-11H2,1-3H3. The van der Waals surface area contributed by atoms with E-state index in [0.29, 0.717) is 25.9 Å². The lowest BCUT2D eigenvalue weighted by Crippen LogP contribution is -2.41. The van der Waals surface area contributed by atoms with E-state index in [9.17, 15) is 9.90 Å². The SMILES string of the molecule is CCc1ccc2c(c1)c(C)c(C(=O)N1CCC(O)CC1)n2CC. The van der Waals surface area contributed by atoms with E-state index in [1.54, 1.807) is 0 Å². The van der Waals surface area contributed by atoms with Gasteiger partial charge in [0, 0.05) is 30.5 Å². The molecular formula is C19H26N2O2. The van der Waals surface area contributed by atoms with E-state index in [4.69, 9.17) is 0 Å². The second-order valence-corrected chi connectivity index (χ2v) is 6.45. The molecule has 0 radical (unpaired) electrons. The van der Waals surface area contributed by atoms with Crippen LogP contribution in [0.5, 0.6) is 0 Å². The summed E-state index contributed by atoms with van der Waals surface area (Å²) in [6.45, 7) is 8.37. The highest BCUT2D eigenvalue weighted by Gasteiger charge is 2.27. The monoisotopic (exact) mass is 314 g/mol. The molecule has 23 heavy (non-hydrogen) atoms. The maximum atomic E-state index is 13.1. The fourth-order valence-electron chi connectivity index (χ4n) is 3.61. The maximum Gasteiger partial charge on any atom is 0.270 e. The summed E-state index contributed by atoms with van der Waals surface area (Å²) in [5.41, 5.74) is 4.33. The van der Waals surface area contributed by atoms with Crippen LogP contribution in [0.25, 0.3) is 10.9 Å². The van der Waals surface area contributed by atoms with Crippen LogP contribution in [0.2, 0.25) is 0 Å². The Morgan fingerprint density at radius 3 is 2.57 bits per heavy atom. The highest BCUT2D eigenvalue weighted by molar-refractivity contribution is 6.01. The van der Waals surface area contributed by atoms with E-state index >= 15 is 0 Å². The number of rotatable bonds is 3. The van der Waals surface area contributed by atoms with E-state index in [2.05, 4.69) is 43.5 Å². The van der Waals surface area contributed by atoms with Crippen LogP contribution in [0.3, 0.4) is 0 Å². The number of aliphatic hydroxyl groups excluding tert-OH is 1. The number of likely N-dealkylation sites (tertiary alicyclic amines) is 1. The molecule has 1 saturated heterocycles. The predicted molar refractivity (Wildman–Crippen MR) is 92.9 cm³/mol. The molecule has 2 aromatic rings.